The van der Waals surface area contributed by atoms with E-state index in [1.165, 1.54) is 6.20 Å². The van der Waals surface area contributed by atoms with Crippen molar-refractivity contribution in [3.63, 3.8) is 0 Å². The maximum atomic E-state index is 12.2. The maximum absolute atomic E-state index is 12.2. The third-order valence-corrected chi connectivity index (χ3v) is 5.09. The maximum Gasteiger partial charge on any atom is 0.187 e. The zero-order chi connectivity index (χ0) is 12.6. The lowest BCUT2D eigenvalue weighted by atomic mass is 10.2. The van der Waals surface area contributed by atoms with E-state index in [9.17, 15) is 8.42 Å². The molecule has 0 saturated carbocycles. The molecule has 0 radical (unpaired) electrons. The van der Waals surface area contributed by atoms with E-state index in [2.05, 4.69) is 5.10 Å². The standard InChI is InChI=1S/C10H19N3O2S/c1-8(2)13-6-9(5-12-13)16(14,15)10(3,4)7-11/h5-6,8H,7,11H2,1-4H3. The molecule has 0 aliphatic carbocycles. The van der Waals surface area contributed by atoms with Crippen LogP contribution in [0.3, 0.4) is 0 Å². The number of nitrogens with two attached hydrogens (primary N) is 1. The molecule has 1 aromatic heterocycles. The topological polar surface area (TPSA) is 78.0 Å². The molecular weight excluding hydrogens is 226 g/mol. The van der Waals surface area contributed by atoms with Crippen molar-refractivity contribution < 1.29 is 8.42 Å². The summed E-state index contributed by atoms with van der Waals surface area (Å²) in [5.74, 6) is 0. The molecule has 0 amide bonds. The van der Waals surface area contributed by atoms with Crippen molar-refractivity contribution in [1.82, 2.24) is 9.78 Å². The molecule has 5 nitrogen and oxygen atoms in total. The van der Waals surface area contributed by atoms with E-state index in [1.807, 2.05) is 13.8 Å². The minimum Gasteiger partial charge on any atom is -0.329 e. The van der Waals surface area contributed by atoms with Crippen molar-refractivity contribution in [2.75, 3.05) is 6.54 Å². The van der Waals surface area contributed by atoms with Crippen LogP contribution in [0.25, 0.3) is 0 Å². The van der Waals surface area contributed by atoms with E-state index in [0.717, 1.165) is 0 Å². The fraction of sp³-hybridized carbons (Fsp3) is 0.700. The lowest BCUT2D eigenvalue weighted by Crippen LogP contribution is -2.39. The van der Waals surface area contributed by atoms with Crippen LogP contribution in [0.4, 0.5) is 0 Å². The highest BCUT2D eigenvalue weighted by molar-refractivity contribution is 7.92. The Morgan fingerprint density at radius 2 is 2.06 bits per heavy atom. The lowest BCUT2D eigenvalue weighted by Gasteiger charge is -2.21. The molecule has 6 heteroatoms. The van der Waals surface area contributed by atoms with E-state index in [-0.39, 0.29) is 17.5 Å². The number of hydrogen-bond acceptors (Lipinski definition) is 4. The van der Waals surface area contributed by atoms with Gasteiger partial charge in [0.2, 0.25) is 0 Å². The van der Waals surface area contributed by atoms with Gasteiger partial charge in [-0.25, -0.2) is 8.42 Å². The highest BCUT2D eigenvalue weighted by Crippen LogP contribution is 2.24. The zero-order valence-electron chi connectivity index (χ0n) is 10.1. The third-order valence-electron chi connectivity index (χ3n) is 2.64. The van der Waals surface area contributed by atoms with E-state index in [0.29, 0.717) is 0 Å². The predicted octanol–water partition coefficient (Wildman–Crippen LogP) is 0.975. The van der Waals surface area contributed by atoms with Crippen LogP contribution in [0.2, 0.25) is 0 Å². The number of rotatable bonds is 4. The number of nitrogens with zero attached hydrogens (tertiary/aromatic N) is 2. The monoisotopic (exact) mass is 245 g/mol. The Kier molecular flexibility index (Phi) is 3.44. The molecule has 1 rings (SSSR count). The average Bonchev–Trinajstić information content (AvgIpc) is 2.66. The molecule has 92 valence electrons. The minimum atomic E-state index is -3.41. The van der Waals surface area contributed by atoms with Gasteiger partial charge in [-0.2, -0.15) is 5.10 Å². The van der Waals surface area contributed by atoms with Gasteiger partial charge in [0.15, 0.2) is 9.84 Å². The molecule has 0 bridgehead atoms. The summed E-state index contributed by atoms with van der Waals surface area (Å²) in [6.07, 6.45) is 2.93. The fourth-order valence-corrected chi connectivity index (χ4v) is 2.46. The Labute approximate surface area is 96.6 Å². The van der Waals surface area contributed by atoms with Crippen LogP contribution in [0.1, 0.15) is 33.7 Å². The van der Waals surface area contributed by atoms with Gasteiger partial charge in [-0.1, -0.05) is 0 Å². The summed E-state index contributed by atoms with van der Waals surface area (Å²) in [6, 6.07) is 0.143. The quantitative estimate of drug-likeness (QED) is 0.857. The average molecular weight is 245 g/mol. The van der Waals surface area contributed by atoms with Gasteiger partial charge in [-0.05, 0) is 27.7 Å². The Hall–Kier alpha value is -0.880. The van der Waals surface area contributed by atoms with Crippen LogP contribution in [0.15, 0.2) is 17.3 Å². The van der Waals surface area contributed by atoms with Gasteiger partial charge in [0, 0.05) is 18.8 Å². The second-order valence-corrected chi connectivity index (χ2v) is 7.30. The van der Waals surface area contributed by atoms with Crippen LogP contribution >= 0.6 is 0 Å². The van der Waals surface area contributed by atoms with Crippen molar-refractivity contribution >= 4 is 9.84 Å². The highest BCUT2D eigenvalue weighted by Gasteiger charge is 2.35. The Bertz CT molecular complexity index is 460. The highest BCUT2D eigenvalue weighted by atomic mass is 32.2. The molecule has 1 aromatic rings. The van der Waals surface area contributed by atoms with Crippen LogP contribution in [0.5, 0.6) is 0 Å². The Balaban J connectivity index is 3.18. The summed E-state index contributed by atoms with van der Waals surface area (Å²) in [7, 11) is -3.41. The molecule has 16 heavy (non-hydrogen) atoms. The first-order valence-corrected chi connectivity index (χ1v) is 6.69. The molecule has 0 unspecified atom stereocenters. The summed E-state index contributed by atoms with van der Waals surface area (Å²) in [5, 5.41) is 4.03. The van der Waals surface area contributed by atoms with Crippen LogP contribution in [0, 0.1) is 0 Å². The van der Waals surface area contributed by atoms with Gasteiger partial charge in [0.1, 0.15) is 4.90 Å². The molecule has 0 atom stereocenters. The molecule has 0 fully saturated rings. The first-order valence-electron chi connectivity index (χ1n) is 5.21. The SMILES string of the molecule is CC(C)n1cc(S(=O)(=O)C(C)(C)CN)cn1. The van der Waals surface area contributed by atoms with Crippen molar-refractivity contribution in [3.05, 3.63) is 12.4 Å². The van der Waals surface area contributed by atoms with E-state index >= 15 is 0 Å². The van der Waals surface area contributed by atoms with Gasteiger partial charge in [-0.15, -0.1) is 0 Å². The molecule has 0 aliphatic rings. The predicted molar refractivity (Wildman–Crippen MR) is 62.9 cm³/mol. The number of sulfone groups is 1. The van der Waals surface area contributed by atoms with Crippen LogP contribution in [-0.2, 0) is 9.84 Å². The van der Waals surface area contributed by atoms with E-state index < -0.39 is 14.6 Å². The van der Waals surface area contributed by atoms with E-state index in [1.54, 1.807) is 24.7 Å². The summed E-state index contributed by atoms with van der Waals surface area (Å²) in [4.78, 5) is 0.233. The van der Waals surface area contributed by atoms with Gasteiger partial charge in [0.05, 0.1) is 10.9 Å². The van der Waals surface area contributed by atoms with Gasteiger partial charge >= 0.3 is 0 Å². The van der Waals surface area contributed by atoms with Crippen molar-refractivity contribution in [1.29, 1.82) is 0 Å². The zero-order valence-corrected chi connectivity index (χ0v) is 11.0. The summed E-state index contributed by atoms with van der Waals surface area (Å²) >= 11 is 0. The molecule has 0 aromatic carbocycles. The summed E-state index contributed by atoms with van der Waals surface area (Å²) in [6.45, 7) is 7.21. The number of hydrogen-bond donors (Lipinski definition) is 1. The summed E-state index contributed by atoms with van der Waals surface area (Å²) in [5.41, 5.74) is 5.49. The molecule has 2 N–H and O–H groups in total. The van der Waals surface area contributed by atoms with Crippen LogP contribution < -0.4 is 5.73 Å². The van der Waals surface area contributed by atoms with Crippen molar-refractivity contribution in [3.8, 4) is 0 Å². The lowest BCUT2D eigenvalue weighted by molar-refractivity contribution is 0.529. The smallest absolute Gasteiger partial charge is 0.187 e. The minimum absolute atomic E-state index is 0.0855. The molecule has 1 heterocycles. The second-order valence-electron chi connectivity index (χ2n) is 4.72. The molecule has 0 aliphatic heterocycles. The van der Waals surface area contributed by atoms with Crippen LogP contribution in [-0.4, -0.2) is 29.5 Å². The Morgan fingerprint density at radius 3 is 2.44 bits per heavy atom. The number of aromatic nitrogens is 2. The van der Waals surface area contributed by atoms with Crippen molar-refractivity contribution in [2.24, 2.45) is 5.73 Å². The third kappa shape index (κ3) is 2.12. The molecule has 0 spiro atoms. The molecule has 0 saturated heterocycles. The van der Waals surface area contributed by atoms with E-state index in [4.69, 9.17) is 5.73 Å². The van der Waals surface area contributed by atoms with Gasteiger partial charge in [0.25, 0.3) is 0 Å². The Morgan fingerprint density at radius 1 is 1.50 bits per heavy atom. The largest absolute Gasteiger partial charge is 0.329 e. The summed E-state index contributed by atoms with van der Waals surface area (Å²) < 4.78 is 25.0. The van der Waals surface area contributed by atoms with Crippen molar-refractivity contribution in [2.45, 2.75) is 43.4 Å². The van der Waals surface area contributed by atoms with Gasteiger partial charge < -0.3 is 5.73 Å². The first-order chi connectivity index (χ1) is 7.22. The van der Waals surface area contributed by atoms with Gasteiger partial charge in [-0.3, -0.25) is 4.68 Å². The normalized spacial score (nSPS) is 13.4. The fourth-order valence-electron chi connectivity index (χ4n) is 1.17. The second kappa shape index (κ2) is 4.18. The first kappa shape index (κ1) is 13.2. The molecular formula is C10H19N3O2S.